The molecule has 0 amide bonds. The number of hydrogen-bond acceptors (Lipinski definition) is 10. The normalized spacial score (nSPS) is 10.7. The number of nitrogens with one attached hydrogen (secondary N) is 3. The Kier molecular flexibility index (Phi) is 9.08. The monoisotopic (exact) mass is 574 g/mol. The largest absolute Gasteiger partial charge is 0.493 e. The van der Waals surface area contributed by atoms with Crippen LogP contribution in [0.2, 0.25) is 0 Å². The van der Waals surface area contributed by atoms with Crippen LogP contribution in [0, 0.1) is 0 Å². The maximum Gasteiger partial charge on any atom is 0.233 e. The highest BCUT2D eigenvalue weighted by Crippen LogP contribution is 2.38. The van der Waals surface area contributed by atoms with E-state index in [1.807, 2.05) is 66.7 Å². The summed E-state index contributed by atoms with van der Waals surface area (Å²) in [5.41, 5.74) is 3.50. The number of para-hydroxylation sites is 2. The van der Waals surface area contributed by atoms with Gasteiger partial charge in [-0.15, -0.1) is 0 Å². The van der Waals surface area contributed by atoms with Gasteiger partial charge in [-0.3, -0.25) is 4.79 Å². The Morgan fingerprint density at radius 2 is 1.09 bits per heavy atom. The summed E-state index contributed by atoms with van der Waals surface area (Å²) >= 11 is 0. The van der Waals surface area contributed by atoms with Crippen molar-refractivity contribution >= 4 is 46.8 Å². The predicted molar refractivity (Wildman–Crippen MR) is 168 cm³/mol. The first-order chi connectivity index (χ1) is 21.0. The molecule has 0 fully saturated rings. The van der Waals surface area contributed by atoms with E-state index in [4.69, 9.17) is 14.2 Å². The van der Waals surface area contributed by atoms with E-state index in [1.54, 1.807) is 57.7 Å². The molecule has 4 aromatic carbocycles. The standard InChI is InChI=1S/C33H30N6O4/c1-41-28-19-22(20-29(42-2)30(28)43-3)17-18-27(40)23-11-10-16-26(21-23)36-33-38-31(34-24-12-6-4-7-13-24)37-32(39-33)35-25-14-8-5-9-15-25/h4-21H,1-3H3,(H3,34,35,36,37,38,39)/b18-17+. The van der Waals surface area contributed by atoms with Gasteiger partial charge in [-0.25, -0.2) is 0 Å². The Labute approximate surface area is 249 Å². The summed E-state index contributed by atoms with van der Waals surface area (Å²) in [5.74, 6) is 2.29. The lowest BCUT2D eigenvalue weighted by Crippen LogP contribution is -2.07. The zero-order valence-corrected chi connectivity index (χ0v) is 23.9. The predicted octanol–water partition coefficient (Wildman–Crippen LogP) is 7.02. The molecule has 0 aliphatic carbocycles. The van der Waals surface area contributed by atoms with Crippen molar-refractivity contribution in [2.75, 3.05) is 37.3 Å². The van der Waals surface area contributed by atoms with E-state index in [1.165, 1.54) is 6.08 Å². The molecule has 10 nitrogen and oxygen atoms in total. The van der Waals surface area contributed by atoms with Crippen LogP contribution in [0.4, 0.5) is 34.9 Å². The van der Waals surface area contributed by atoms with E-state index >= 15 is 0 Å². The van der Waals surface area contributed by atoms with Crippen LogP contribution in [0.1, 0.15) is 15.9 Å². The second-order valence-electron chi connectivity index (χ2n) is 9.15. The van der Waals surface area contributed by atoms with Gasteiger partial charge in [0, 0.05) is 22.6 Å². The highest BCUT2D eigenvalue weighted by atomic mass is 16.5. The number of carbonyl (C=O) groups excluding carboxylic acids is 1. The van der Waals surface area contributed by atoms with Gasteiger partial charge in [0.15, 0.2) is 17.3 Å². The van der Waals surface area contributed by atoms with Gasteiger partial charge in [0.1, 0.15) is 0 Å². The van der Waals surface area contributed by atoms with Gasteiger partial charge in [-0.2, -0.15) is 15.0 Å². The van der Waals surface area contributed by atoms with Crippen LogP contribution in [0.15, 0.2) is 103 Å². The molecule has 10 heteroatoms. The molecule has 0 aliphatic rings. The van der Waals surface area contributed by atoms with Crippen molar-refractivity contribution in [2.24, 2.45) is 0 Å². The minimum Gasteiger partial charge on any atom is -0.493 e. The van der Waals surface area contributed by atoms with Crippen molar-refractivity contribution in [3.05, 3.63) is 114 Å². The van der Waals surface area contributed by atoms with Crippen molar-refractivity contribution < 1.29 is 19.0 Å². The molecule has 1 aromatic heterocycles. The molecule has 3 N–H and O–H groups in total. The molecule has 0 saturated carbocycles. The Morgan fingerprint density at radius 3 is 1.58 bits per heavy atom. The second-order valence-corrected chi connectivity index (χ2v) is 9.15. The fourth-order valence-corrected chi connectivity index (χ4v) is 4.19. The SMILES string of the molecule is COc1cc(/C=C/C(=O)c2cccc(Nc3nc(Nc4ccccc4)nc(Nc4ccccc4)n3)c2)cc(OC)c1OC. The van der Waals surface area contributed by atoms with E-state index in [9.17, 15) is 4.79 Å². The molecular formula is C33H30N6O4. The first-order valence-corrected chi connectivity index (χ1v) is 13.3. The van der Waals surface area contributed by atoms with Crippen molar-refractivity contribution in [3.63, 3.8) is 0 Å². The molecule has 0 saturated heterocycles. The average molecular weight is 575 g/mol. The smallest absolute Gasteiger partial charge is 0.233 e. The molecule has 0 bridgehead atoms. The number of rotatable bonds is 12. The number of ether oxygens (including phenoxy) is 3. The van der Waals surface area contributed by atoms with Crippen LogP contribution in [-0.4, -0.2) is 42.1 Å². The molecule has 1 heterocycles. The Balaban J connectivity index is 1.37. The fraction of sp³-hybridized carbons (Fsp3) is 0.0909. The fourth-order valence-electron chi connectivity index (χ4n) is 4.19. The van der Waals surface area contributed by atoms with Crippen LogP contribution in [0.3, 0.4) is 0 Å². The van der Waals surface area contributed by atoms with Crippen molar-refractivity contribution in [2.45, 2.75) is 0 Å². The summed E-state index contributed by atoms with van der Waals surface area (Å²) in [5, 5.41) is 9.62. The number of hydrogen-bond donors (Lipinski definition) is 3. The van der Waals surface area contributed by atoms with Crippen LogP contribution < -0.4 is 30.2 Å². The topological polar surface area (TPSA) is 120 Å². The van der Waals surface area contributed by atoms with Crippen molar-refractivity contribution in [3.8, 4) is 17.2 Å². The number of aromatic nitrogens is 3. The minimum absolute atomic E-state index is 0.189. The third-order valence-electron chi connectivity index (χ3n) is 6.21. The van der Waals surface area contributed by atoms with Gasteiger partial charge in [0.25, 0.3) is 0 Å². The number of allylic oxidation sites excluding steroid dienone is 1. The van der Waals surface area contributed by atoms with E-state index < -0.39 is 0 Å². The second kappa shape index (κ2) is 13.6. The number of anilines is 6. The summed E-state index contributed by atoms with van der Waals surface area (Å²) in [6.07, 6.45) is 3.19. The molecule has 43 heavy (non-hydrogen) atoms. The van der Waals surface area contributed by atoms with Crippen molar-refractivity contribution in [1.82, 2.24) is 15.0 Å². The summed E-state index contributed by atoms with van der Waals surface area (Å²) in [6.45, 7) is 0. The Hall–Kier alpha value is -5.90. The first kappa shape index (κ1) is 28.6. The van der Waals surface area contributed by atoms with Gasteiger partial charge in [-0.1, -0.05) is 54.6 Å². The third kappa shape index (κ3) is 7.44. The van der Waals surface area contributed by atoms with Crippen LogP contribution in [0.5, 0.6) is 17.2 Å². The van der Waals surface area contributed by atoms with E-state index in [2.05, 4.69) is 30.9 Å². The van der Waals surface area contributed by atoms with Gasteiger partial charge < -0.3 is 30.2 Å². The highest BCUT2D eigenvalue weighted by molar-refractivity contribution is 6.07. The molecule has 0 atom stereocenters. The molecular weight excluding hydrogens is 544 g/mol. The van der Waals surface area contributed by atoms with Crippen molar-refractivity contribution in [1.29, 1.82) is 0 Å². The van der Waals surface area contributed by atoms with Crippen LogP contribution >= 0.6 is 0 Å². The van der Waals surface area contributed by atoms with Crippen LogP contribution in [-0.2, 0) is 0 Å². The van der Waals surface area contributed by atoms with E-state index in [0.29, 0.717) is 46.3 Å². The zero-order valence-electron chi connectivity index (χ0n) is 23.9. The van der Waals surface area contributed by atoms with Gasteiger partial charge >= 0.3 is 0 Å². The summed E-state index contributed by atoms with van der Waals surface area (Å²) in [7, 11) is 4.63. The molecule has 216 valence electrons. The lowest BCUT2D eigenvalue weighted by Gasteiger charge is -2.12. The summed E-state index contributed by atoms with van der Waals surface area (Å²) in [6, 6.07) is 29.9. The molecule has 0 aliphatic heterocycles. The summed E-state index contributed by atoms with van der Waals surface area (Å²) < 4.78 is 16.2. The maximum atomic E-state index is 13.1. The lowest BCUT2D eigenvalue weighted by atomic mass is 10.1. The number of ketones is 1. The molecule has 0 unspecified atom stereocenters. The third-order valence-corrected chi connectivity index (χ3v) is 6.21. The summed E-state index contributed by atoms with van der Waals surface area (Å²) in [4.78, 5) is 26.7. The van der Waals surface area contributed by atoms with E-state index in [0.717, 1.165) is 16.9 Å². The number of carbonyl (C=O) groups is 1. The van der Waals surface area contributed by atoms with Crippen LogP contribution in [0.25, 0.3) is 6.08 Å². The minimum atomic E-state index is -0.189. The molecule has 0 radical (unpaired) electrons. The number of benzene rings is 4. The Bertz CT molecular complexity index is 1640. The van der Waals surface area contributed by atoms with Gasteiger partial charge in [-0.05, 0) is 60.2 Å². The molecule has 5 rings (SSSR count). The number of nitrogens with zero attached hydrogens (tertiary/aromatic N) is 3. The highest BCUT2D eigenvalue weighted by Gasteiger charge is 2.13. The zero-order chi connectivity index (χ0) is 30.0. The maximum absolute atomic E-state index is 13.1. The first-order valence-electron chi connectivity index (χ1n) is 13.3. The van der Waals surface area contributed by atoms with Gasteiger partial charge in [0.05, 0.1) is 21.3 Å². The lowest BCUT2D eigenvalue weighted by molar-refractivity contribution is 0.104. The average Bonchev–Trinajstić information content (AvgIpc) is 3.04. The molecule has 0 spiro atoms. The number of methoxy groups -OCH3 is 3. The van der Waals surface area contributed by atoms with E-state index in [-0.39, 0.29) is 5.78 Å². The van der Waals surface area contributed by atoms with Gasteiger partial charge in [0.2, 0.25) is 23.6 Å². The quantitative estimate of drug-likeness (QED) is 0.106. The Morgan fingerprint density at radius 1 is 0.605 bits per heavy atom. The molecule has 5 aromatic rings.